The maximum Gasteiger partial charge on any atom is 0.254 e. The predicted molar refractivity (Wildman–Crippen MR) is 96.8 cm³/mol. The first-order valence-electron chi connectivity index (χ1n) is 8.16. The Hall–Kier alpha value is -3.49. The lowest BCUT2D eigenvalue weighted by atomic mass is 10.1. The van der Waals surface area contributed by atoms with Gasteiger partial charge < -0.3 is 15.8 Å². The van der Waals surface area contributed by atoms with Crippen LogP contribution in [0.15, 0.2) is 36.8 Å². The Morgan fingerprint density at radius 2 is 2.19 bits per heavy atom. The van der Waals surface area contributed by atoms with Crippen molar-refractivity contribution < 1.29 is 13.9 Å². The monoisotopic (exact) mass is 370 g/mol. The first-order chi connectivity index (χ1) is 13.0. The van der Waals surface area contributed by atoms with Gasteiger partial charge in [0, 0.05) is 38.0 Å². The molecule has 3 rings (SSSR count). The molecule has 0 saturated carbocycles. The number of nitrogens with two attached hydrogens (primary N) is 1. The zero-order valence-electron chi connectivity index (χ0n) is 14.9. The van der Waals surface area contributed by atoms with Gasteiger partial charge in [0.2, 0.25) is 0 Å². The summed E-state index contributed by atoms with van der Waals surface area (Å²) in [4.78, 5) is 20.2. The van der Waals surface area contributed by atoms with Crippen LogP contribution >= 0.6 is 0 Å². The lowest BCUT2D eigenvalue weighted by molar-refractivity contribution is 0.100. The molecule has 0 fully saturated rings. The molecule has 1 aromatic carbocycles. The molecule has 0 aliphatic rings. The van der Waals surface area contributed by atoms with E-state index in [0.717, 1.165) is 5.56 Å². The fourth-order valence-corrected chi connectivity index (χ4v) is 2.64. The van der Waals surface area contributed by atoms with Gasteiger partial charge in [-0.3, -0.25) is 9.48 Å². The van der Waals surface area contributed by atoms with E-state index in [2.05, 4.69) is 20.4 Å². The molecule has 0 spiro atoms. The largest absolute Gasteiger partial charge is 0.496 e. The van der Waals surface area contributed by atoms with E-state index in [1.807, 2.05) is 13.2 Å². The summed E-state index contributed by atoms with van der Waals surface area (Å²) in [5, 5.41) is 7.07. The van der Waals surface area contributed by atoms with Crippen molar-refractivity contribution in [2.75, 3.05) is 12.4 Å². The molecule has 9 heteroatoms. The van der Waals surface area contributed by atoms with Crippen molar-refractivity contribution >= 4 is 11.7 Å². The number of amides is 1. The SMILES string of the molecule is COc1cccc(F)c1CNc1nc(Cc2cnn(C)c2)ncc1C(N)=O. The quantitative estimate of drug-likeness (QED) is 0.655. The highest BCUT2D eigenvalue weighted by atomic mass is 19.1. The van der Waals surface area contributed by atoms with Crippen molar-refractivity contribution in [3.8, 4) is 5.75 Å². The number of carbonyl (C=O) groups excluding carboxylic acids is 1. The zero-order chi connectivity index (χ0) is 19.4. The number of aromatic nitrogens is 4. The van der Waals surface area contributed by atoms with Crippen LogP contribution in [-0.2, 0) is 20.0 Å². The highest BCUT2D eigenvalue weighted by molar-refractivity contribution is 5.97. The standard InChI is InChI=1S/C18H19FN6O2/c1-25-10-11(7-23-25)6-16-21-9-13(17(20)26)18(24-16)22-8-12-14(19)4-3-5-15(12)27-2/h3-5,7,9-10H,6,8H2,1-2H3,(H2,20,26)(H,21,22,24). The van der Waals surface area contributed by atoms with Crippen LogP contribution in [0, 0.1) is 5.82 Å². The van der Waals surface area contributed by atoms with E-state index in [-0.39, 0.29) is 17.9 Å². The maximum atomic E-state index is 14.1. The van der Waals surface area contributed by atoms with Gasteiger partial charge in [-0.25, -0.2) is 14.4 Å². The van der Waals surface area contributed by atoms with Crippen molar-refractivity contribution in [3.63, 3.8) is 0 Å². The second kappa shape index (κ2) is 7.81. The number of hydrogen-bond donors (Lipinski definition) is 2. The minimum atomic E-state index is -0.675. The Bertz CT molecular complexity index is 972. The van der Waals surface area contributed by atoms with E-state index in [1.165, 1.54) is 19.4 Å². The summed E-state index contributed by atoms with van der Waals surface area (Å²) in [5.41, 5.74) is 6.77. The second-order valence-electron chi connectivity index (χ2n) is 5.89. The third kappa shape index (κ3) is 4.20. The molecule has 27 heavy (non-hydrogen) atoms. The summed E-state index contributed by atoms with van der Waals surface area (Å²) >= 11 is 0. The number of ether oxygens (including phenoxy) is 1. The summed E-state index contributed by atoms with van der Waals surface area (Å²) in [5.74, 6) is 0.0171. The number of carbonyl (C=O) groups is 1. The van der Waals surface area contributed by atoms with Gasteiger partial charge in [0.05, 0.1) is 18.9 Å². The number of halogens is 1. The average molecular weight is 370 g/mol. The summed E-state index contributed by atoms with van der Waals surface area (Å²) in [7, 11) is 3.28. The number of methoxy groups -OCH3 is 1. The van der Waals surface area contributed by atoms with E-state index in [9.17, 15) is 9.18 Å². The van der Waals surface area contributed by atoms with Crippen molar-refractivity contribution in [1.82, 2.24) is 19.7 Å². The van der Waals surface area contributed by atoms with Crippen LogP contribution in [-0.4, -0.2) is 32.8 Å². The van der Waals surface area contributed by atoms with Crippen LogP contribution in [0.25, 0.3) is 0 Å². The number of aryl methyl sites for hydroxylation is 1. The molecule has 140 valence electrons. The molecule has 0 radical (unpaired) electrons. The Labute approximate surface area is 155 Å². The van der Waals surface area contributed by atoms with Gasteiger partial charge in [-0.1, -0.05) is 6.07 Å². The Kier molecular flexibility index (Phi) is 5.30. The summed E-state index contributed by atoms with van der Waals surface area (Å²) < 4.78 is 21.0. The molecule has 0 atom stereocenters. The molecule has 3 N–H and O–H groups in total. The number of rotatable bonds is 7. The van der Waals surface area contributed by atoms with Crippen LogP contribution in [0.5, 0.6) is 5.75 Å². The van der Waals surface area contributed by atoms with E-state index in [1.54, 1.807) is 23.0 Å². The van der Waals surface area contributed by atoms with Gasteiger partial charge in [0.15, 0.2) is 0 Å². The van der Waals surface area contributed by atoms with Crippen LogP contribution in [0.3, 0.4) is 0 Å². The van der Waals surface area contributed by atoms with Gasteiger partial charge >= 0.3 is 0 Å². The van der Waals surface area contributed by atoms with Crippen LogP contribution < -0.4 is 15.8 Å². The third-order valence-corrected chi connectivity index (χ3v) is 3.95. The smallest absolute Gasteiger partial charge is 0.254 e. The van der Waals surface area contributed by atoms with E-state index in [4.69, 9.17) is 10.5 Å². The van der Waals surface area contributed by atoms with Crippen molar-refractivity contribution in [3.05, 3.63) is 65.1 Å². The highest BCUT2D eigenvalue weighted by Gasteiger charge is 2.15. The maximum absolute atomic E-state index is 14.1. The molecular weight excluding hydrogens is 351 g/mol. The normalized spacial score (nSPS) is 10.6. The minimum absolute atomic E-state index is 0.0689. The molecule has 2 aromatic heterocycles. The number of anilines is 1. The fourth-order valence-electron chi connectivity index (χ4n) is 2.64. The molecule has 8 nitrogen and oxygen atoms in total. The van der Waals surface area contributed by atoms with Crippen molar-refractivity contribution in [1.29, 1.82) is 0 Å². The van der Waals surface area contributed by atoms with Crippen LogP contribution in [0.2, 0.25) is 0 Å². The minimum Gasteiger partial charge on any atom is -0.496 e. The molecule has 0 aliphatic carbocycles. The average Bonchev–Trinajstić information content (AvgIpc) is 3.05. The molecule has 0 saturated heterocycles. The summed E-state index contributed by atoms with van der Waals surface area (Å²) in [6.07, 6.45) is 5.36. The number of nitrogens with zero attached hydrogens (tertiary/aromatic N) is 4. The van der Waals surface area contributed by atoms with Gasteiger partial charge in [-0.2, -0.15) is 5.10 Å². The van der Waals surface area contributed by atoms with Crippen LogP contribution in [0.4, 0.5) is 10.2 Å². The molecule has 0 unspecified atom stereocenters. The number of benzene rings is 1. The first kappa shape index (κ1) is 18.3. The van der Waals surface area contributed by atoms with Crippen LogP contribution in [0.1, 0.15) is 27.3 Å². The molecule has 2 heterocycles. The topological polar surface area (TPSA) is 108 Å². The van der Waals surface area contributed by atoms with Gasteiger partial charge in [0.25, 0.3) is 5.91 Å². The molecule has 0 bridgehead atoms. The molecule has 1 amide bonds. The summed E-state index contributed by atoms with van der Waals surface area (Å²) in [6, 6.07) is 4.55. The zero-order valence-corrected chi connectivity index (χ0v) is 14.9. The fraction of sp³-hybridized carbons (Fsp3) is 0.222. The summed E-state index contributed by atoms with van der Waals surface area (Å²) in [6.45, 7) is 0.0689. The van der Waals surface area contributed by atoms with Gasteiger partial charge in [-0.05, 0) is 17.7 Å². The molecular formula is C18H19FN6O2. The van der Waals surface area contributed by atoms with E-state index in [0.29, 0.717) is 23.6 Å². The highest BCUT2D eigenvalue weighted by Crippen LogP contribution is 2.23. The lowest BCUT2D eigenvalue weighted by Crippen LogP contribution is -2.17. The van der Waals surface area contributed by atoms with Crippen molar-refractivity contribution in [2.45, 2.75) is 13.0 Å². The number of hydrogen-bond acceptors (Lipinski definition) is 6. The second-order valence-corrected chi connectivity index (χ2v) is 5.89. The Balaban J connectivity index is 1.86. The molecule has 0 aliphatic heterocycles. The molecule has 3 aromatic rings. The van der Waals surface area contributed by atoms with Crippen molar-refractivity contribution in [2.24, 2.45) is 12.8 Å². The Morgan fingerprint density at radius 1 is 1.37 bits per heavy atom. The van der Waals surface area contributed by atoms with Gasteiger partial charge in [0.1, 0.15) is 23.2 Å². The number of nitrogens with one attached hydrogen (secondary N) is 1. The Morgan fingerprint density at radius 3 is 2.85 bits per heavy atom. The van der Waals surface area contributed by atoms with E-state index >= 15 is 0 Å². The van der Waals surface area contributed by atoms with E-state index < -0.39 is 11.7 Å². The number of primary amides is 1. The predicted octanol–water partition coefficient (Wildman–Crippen LogP) is 1.66. The lowest BCUT2D eigenvalue weighted by Gasteiger charge is -2.13. The first-order valence-corrected chi connectivity index (χ1v) is 8.16. The van der Waals surface area contributed by atoms with Gasteiger partial charge in [-0.15, -0.1) is 0 Å². The third-order valence-electron chi connectivity index (χ3n) is 3.95.